The third kappa shape index (κ3) is 8.88. The van der Waals surface area contributed by atoms with Crippen LogP contribution in [0.4, 0.5) is 0 Å². The molecule has 0 aliphatic heterocycles. The number of Topliss-reactive ketones (excluding diaryl/α,β-unsaturated/α-hetero) is 1. The van der Waals surface area contributed by atoms with Gasteiger partial charge in [-0.25, -0.2) is 0 Å². The van der Waals surface area contributed by atoms with Gasteiger partial charge in [-0.15, -0.1) is 0 Å². The van der Waals surface area contributed by atoms with Crippen molar-refractivity contribution in [2.75, 3.05) is 0 Å². The number of carbonyl (C=O) groups excluding carboxylic acids is 1. The van der Waals surface area contributed by atoms with Crippen molar-refractivity contribution in [1.82, 2.24) is 0 Å². The van der Waals surface area contributed by atoms with Gasteiger partial charge in [0.15, 0.2) is 0 Å². The molecule has 0 fully saturated rings. The number of hydrogen-bond donors (Lipinski definition) is 0. The van der Waals surface area contributed by atoms with Crippen LogP contribution in [0.2, 0.25) is 0 Å². The van der Waals surface area contributed by atoms with Crippen molar-refractivity contribution in [2.45, 2.75) is 20.3 Å². The minimum absolute atomic E-state index is 0. The topological polar surface area (TPSA) is 17.1 Å². The van der Waals surface area contributed by atoms with Gasteiger partial charge in [0.25, 0.3) is 0 Å². The summed E-state index contributed by atoms with van der Waals surface area (Å²) in [5.74, 6) is 0.255. The van der Waals surface area contributed by atoms with Gasteiger partial charge in [0.1, 0.15) is 5.78 Å². The van der Waals surface area contributed by atoms with Crippen LogP contribution in [0.3, 0.4) is 0 Å². The molecule has 0 aromatic rings. The van der Waals surface area contributed by atoms with Crippen LogP contribution in [0.15, 0.2) is 0 Å². The van der Waals surface area contributed by atoms with Crippen LogP contribution < -0.4 is 0 Å². The van der Waals surface area contributed by atoms with Gasteiger partial charge in [-0.2, -0.15) is 0 Å². The normalized spacial score (nSPS) is 6.33. The van der Waals surface area contributed by atoms with Gasteiger partial charge < -0.3 is 4.79 Å². The van der Waals surface area contributed by atoms with Gasteiger partial charge in [-0.1, -0.05) is 6.92 Å². The molecule has 0 saturated heterocycles. The predicted octanol–water partition coefficient (Wildman–Crippen LogP) is -0.466. The molecule has 0 heterocycles. The second-order valence-electron chi connectivity index (χ2n) is 1.06. The molecule has 0 spiro atoms. The molecule has 0 radical (unpaired) electrons. The summed E-state index contributed by atoms with van der Waals surface area (Å²) >= 11 is 0. The summed E-state index contributed by atoms with van der Waals surface area (Å²) in [6.45, 7) is 3.43. The molecule has 0 rings (SSSR count). The quantitative estimate of drug-likeness (QED) is 0.460. The molecule has 0 aliphatic rings. The van der Waals surface area contributed by atoms with E-state index in [1.54, 1.807) is 6.92 Å². The zero-order chi connectivity index (χ0) is 4.28. The van der Waals surface area contributed by atoms with Crippen LogP contribution in [0, 0.1) is 0 Å². The van der Waals surface area contributed by atoms with E-state index in [0.29, 0.717) is 6.42 Å². The molecule has 38 valence electrons. The summed E-state index contributed by atoms with van der Waals surface area (Å²) in [5.41, 5.74) is 0. The Morgan fingerprint density at radius 1 is 1.67 bits per heavy atom. The summed E-state index contributed by atoms with van der Waals surface area (Å²) in [7, 11) is 0. The van der Waals surface area contributed by atoms with Crippen LogP contribution in [-0.4, -0.2) is 23.4 Å². The van der Waals surface area contributed by atoms with Crippen molar-refractivity contribution < 1.29 is 4.79 Å². The van der Waals surface area contributed by atoms with Crippen LogP contribution in [-0.2, 0) is 4.79 Å². The van der Waals surface area contributed by atoms with Crippen LogP contribution in [0.5, 0.6) is 0 Å². The van der Waals surface area contributed by atoms with Crippen molar-refractivity contribution in [1.29, 1.82) is 0 Å². The van der Waals surface area contributed by atoms with E-state index in [1.165, 1.54) is 0 Å². The summed E-state index contributed by atoms with van der Waals surface area (Å²) < 4.78 is 0. The molecule has 0 unspecified atom stereocenters. The van der Waals surface area contributed by atoms with Crippen LogP contribution in [0.25, 0.3) is 0 Å². The van der Waals surface area contributed by atoms with Gasteiger partial charge in [0.05, 0.1) is 0 Å². The Labute approximate surface area is 49.1 Å². The number of hydrogen-bond acceptors (Lipinski definition) is 1. The van der Waals surface area contributed by atoms with Gasteiger partial charge in [0, 0.05) is 6.42 Å². The molecule has 0 N–H and O–H groups in total. The summed E-state index contributed by atoms with van der Waals surface area (Å²) in [6, 6.07) is 0. The molecule has 0 amide bonds. The third-order valence-corrected chi connectivity index (χ3v) is 0.498. The van der Waals surface area contributed by atoms with E-state index in [1.807, 2.05) is 6.92 Å². The zero-order valence-corrected chi connectivity index (χ0v) is 3.62. The SMILES string of the molecule is CCC(C)=O.[GeH4]. The zero-order valence-electron chi connectivity index (χ0n) is 3.62. The number of carbonyl (C=O) groups is 1. The first-order valence-electron chi connectivity index (χ1n) is 1.76. The molecule has 0 aliphatic carbocycles. The van der Waals surface area contributed by atoms with E-state index in [-0.39, 0.29) is 23.4 Å². The second-order valence-corrected chi connectivity index (χ2v) is 1.06. The van der Waals surface area contributed by atoms with E-state index in [4.69, 9.17) is 0 Å². The first-order valence-corrected chi connectivity index (χ1v) is 1.76. The fraction of sp³-hybridized carbons (Fsp3) is 0.750. The average molecular weight is 149 g/mol. The Bertz CT molecular complexity index is 42.8. The third-order valence-electron chi connectivity index (χ3n) is 0.498. The van der Waals surface area contributed by atoms with E-state index in [0.717, 1.165) is 0 Å². The molecular weight excluding hydrogens is 137 g/mol. The average Bonchev–Trinajstić information content (AvgIpc) is 1.38. The first kappa shape index (κ1) is 9.51. The maximum absolute atomic E-state index is 9.81. The summed E-state index contributed by atoms with van der Waals surface area (Å²) in [4.78, 5) is 9.81. The van der Waals surface area contributed by atoms with Crippen molar-refractivity contribution in [3.05, 3.63) is 0 Å². The molecule has 1 nitrogen and oxygen atoms in total. The monoisotopic (exact) mass is 150 g/mol. The summed E-state index contributed by atoms with van der Waals surface area (Å²) in [5, 5.41) is 0. The Hall–Kier alpha value is 0.213. The number of rotatable bonds is 1. The molecule has 0 aromatic heterocycles. The minimum atomic E-state index is 0. The Morgan fingerprint density at radius 2 is 1.83 bits per heavy atom. The van der Waals surface area contributed by atoms with Crippen molar-refractivity contribution in [3.8, 4) is 0 Å². The van der Waals surface area contributed by atoms with Gasteiger partial charge in [-0.05, 0) is 6.92 Å². The van der Waals surface area contributed by atoms with Gasteiger partial charge in [0.2, 0.25) is 0 Å². The van der Waals surface area contributed by atoms with Crippen LogP contribution in [0.1, 0.15) is 20.3 Å². The van der Waals surface area contributed by atoms with Crippen molar-refractivity contribution in [2.24, 2.45) is 0 Å². The van der Waals surface area contributed by atoms with Gasteiger partial charge >= 0.3 is 17.6 Å². The van der Waals surface area contributed by atoms with Crippen molar-refractivity contribution in [3.63, 3.8) is 0 Å². The molecule has 0 bridgehead atoms. The molecule has 0 saturated carbocycles. The fourth-order valence-corrected chi connectivity index (χ4v) is 0. The summed E-state index contributed by atoms with van der Waals surface area (Å²) in [6.07, 6.45) is 0.667. The molecule has 0 atom stereocenters. The van der Waals surface area contributed by atoms with Gasteiger partial charge in [-0.3, -0.25) is 0 Å². The Balaban J connectivity index is 0. The Morgan fingerprint density at radius 3 is 1.83 bits per heavy atom. The van der Waals surface area contributed by atoms with E-state index < -0.39 is 0 Å². The van der Waals surface area contributed by atoms with E-state index in [9.17, 15) is 4.79 Å². The van der Waals surface area contributed by atoms with Crippen molar-refractivity contribution >= 4 is 23.4 Å². The maximum atomic E-state index is 9.81. The fourth-order valence-electron chi connectivity index (χ4n) is 0. The molecule has 0 aromatic carbocycles. The Kier molecular flexibility index (Phi) is 8.26. The first-order chi connectivity index (χ1) is 2.27. The second kappa shape index (κ2) is 5.21. The van der Waals surface area contributed by atoms with E-state index in [2.05, 4.69) is 0 Å². The van der Waals surface area contributed by atoms with Crippen LogP contribution >= 0.6 is 0 Å². The molecular formula is C4H12GeO. The molecule has 2 heteroatoms. The standard InChI is InChI=1S/C4H8O.GeH4/c1-3-4(2)5;/h3H2,1-2H3;1H4. The molecule has 6 heavy (non-hydrogen) atoms. The van der Waals surface area contributed by atoms with E-state index >= 15 is 0 Å². The number of ketones is 1. The predicted molar refractivity (Wildman–Crippen MR) is 32.3 cm³/mol.